The van der Waals surface area contributed by atoms with Gasteiger partial charge in [-0.15, -0.1) is 11.3 Å². The molecule has 0 bridgehead atoms. The first kappa shape index (κ1) is 15.1. The number of nitrogens with zero attached hydrogens (tertiary/aromatic N) is 3. The fourth-order valence-electron chi connectivity index (χ4n) is 1.84. The lowest BCUT2D eigenvalue weighted by atomic mass is 10.4. The second-order valence-electron chi connectivity index (χ2n) is 4.65. The molecular formula is C14H19ClN4S. The minimum atomic E-state index is 0.775. The van der Waals surface area contributed by atoms with Gasteiger partial charge < -0.3 is 10.2 Å². The average molecular weight is 311 g/mol. The highest BCUT2D eigenvalue weighted by molar-refractivity contribution is 7.16. The first-order chi connectivity index (χ1) is 9.58. The second-order valence-corrected chi connectivity index (χ2v) is 6.45. The minimum absolute atomic E-state index is 0.775. The first-order valence-corrected chi connectivity index (χ1v) is 7.83. The lowest BCUT2D eigenvalue weighted by Gasteiger charge is -2.18. The highest BCUT2D eigenvalue weighted by atomic mass is 35.5. The van der Waals surface area contributed by atoms with Crippen LogP contribution in [-0.2, 0) is 6.54 Å². The molecule has 0 aliphatic rings. The van der Waals surface area contributed by atoms with Crippen molar-refractivity contribution < 1.29 is 0 Å². The van der Waals surface area contributed by atoms with Gasteiger partial charge >= 0.3 is 0 Å². The second kappa shape index (κ2) is 6.90. The van der Waals surface area contributed by atoms with E-state index in [2.05, 4.69) is 27.1 Å². The normalized spacial score (nSPS) is 10.6. The Balaban J connectivity index is 2.12. The quantitative estimate of drug-likeness (QED) is 0.877. The molecule has 0 saturated carbocycles. The molecule has 0 fully saturated rings. The largest absolute Gasteiger partial charge is 0.370 e. The zero-order chi connectivity index (χ0) is 14.5. The molecule has 0 amide bonds. The van der Waals surface area contributed by atoms with Gasteiger partial charge in [0.25, 0.3) is 0 Å². The number of thiophene rings is 1. The van der Waals surface area contributed by atoms with Crippen LogP contribution < -0.4 is 10.2 Å². The van der Waals surface area contributed by atoms with Crippen LogP contribution in [0.4, 0.5) is 11.6 Å². The summed E-state index contributed by atoms with van der Waals surface area (Å²) >= 11 is 7.56. The molecular weight excluding hydrogens is 292 g/mol. The Morgan fingerprint density at radius 1 is 1.35 bits per heavy atom. The molecule has 0 spiro atoms. The van der Waals surface area contributed by atoms with Crippen molar-refractivity contribution in [1.82, 2.24) is 9.97 Å². The van der Waals surface area contributed by atoms with Gasteiger partial charge in [-0.3, -0.25) is 0 Å². The highest BCUT2D eigenvalue weighted by Gasteiger charge is 2.08. The van der Waals surface area contributed by atoms with E-state index < -0.39 is 0 Å². The van der Waals surface area contributed by atoms with E-state index in [4.69, 9.17) is 11.6 Å². The summed E-state index contributed by atoms with van der Waals surface area (Å²) in [4.78, 5) is 12.2. The van der Waals surface area contributed by atoms with Crippen LogP contribution in [0.3, 0.4) is 0 Å². The van der Waals surface area contributed by atoms with Crippen molar-refractivity contribution >= 4 is 34.6 Å². The van der Waals surface area contributed by atoms with Crippen LogP contribution in [0, 0.1) is 6.92 Å². The molecule has 108 valence electrons. The van der Waals surface area contributed by atoms with Crippen molar-refractivity contribution in [3.05, 3.63) is 33.2 Å². The number of rotatable bonds is 6. The van der Waals surface area contributed by atoms with Crippen molar-refractivity contribution in [1.29, 1.82) is 0 Å². The lowest BCUT2D eigenvalue weighted by molar-refractivity contribution is 0.886. The Kier molecular flexibility index (Phi) is 5.20. The maximum atomic E-state index is 5.96. The summed E-state index contributed by atoms with van der Waals surface area (Å²) in [6, 6.07) is 5.96. The van der Waals surface area contributed by atoms with E-state index >= 15 is 0 Å². The van der Waals surface area contributed by atoms with E-state index in [9.17, 15) is 0 Å². The van der Waals surface area contributed by atoms with Gasteiger partial charge in [0, 0.05) is 24.5 Å². The Labute approximate surface area is 128 Å². The van der Waals surface area contributed by atoms with E-state index in [1.807, 2.05) is 32.2 Å². The Hall–Kier alpha value is -1.33. The predicted octanol–water partition coefficient (Wildman–Crippen LogP) is 3.96. The van der Waals surface area contributed by atoms with Crippen molar-refractivity contribution in [3.8, 4) is 0 Å². The molecule has 2 aromatic heterocycles. The molecule has 2 heterocycles. The van der Waals surface area contributed by atoms with Gasteiger partial charge in [0.1, 0.15) is 17.5 Å². The van der Waals surface area contributed by atoms with Crippen LogP contribution >= 0.6 is 22.9 Å². The summed E-state index contributed by atoms with van der Waals surface area (Å²) in [5.41, 5.74) is 0. The van der Waals surface area contributed by atoms with E-state index in [0.29, 0.717) is 0 Å². The number of halogens is 1. The molecule has 0 radical (unpaired) electrons. The summed E-state index contributed by atoms with van der Waals surface area (Å²) < 4.78 is 0.817. The maximum Gasteiger partial charge on any atom is 0.134 e. The molecule has 4 nitrogen and oxygen atoms in total. The van der Waals surface area contributed by atoms with E-state index in [1.54, 1.807) is 11.3 Å². The van der Waals surface area contributed by atoms with Crippen molar-refractivity contribution in [2.75, 3.05) is 23.8 Å². The monoisotopic (exact) mass is 310 g/mol. The standard InChI is InChI=1S/C14H19ClN4S/c1-4-7-16-13-8-14(18-10(2)17-13)19(3)9-11-5-6-12(15)20-11/h5-6,8H,4,7,9H2,1-3H3,(H,16,17,18). The molecule has 6 heteroatoms. The predicted molar refractivity (Wildman–Crippen MR) is 87.0 cm³/mol. The van der Waals surface area contributed by atoms with Crippen LogP contribution in [0.1, 0.15) is 24.0 Å². The van der Waals surface area contributed by atoms with Gasteiger partial charge in [-0.1, -0.05) is 18.5 Å². The van der Waals surface area contributed by atoms with Gasteiger partial charge in [-0.05, 0) is 25.5 Å². The third-order valence-electron chi connectivity index (χ3n) is 2.79. The highest BCUT2D eigenvalue weighted by Crippen LogP contribution is 2.24. The third-order valence-corrected chi connectivity index (χ3v) is 4.01. The number of nitrogens with one attached hydrogen (secondary N) is 1. The van der Waals surface area contributed by atoms with Gasteiger partial charge in [0.2, 0.25) is 0 Å². The summed E-state index contributed by atoms with van der Waals surface area (Å²) in [6.07, 6.45) is 1.07. The molecule has 0 aliphatic carbocycles. The molecule has 0 aromatic carbocycles. The molecule has 0 atom stereocenters. The molecule has 20 heavy (non-hydrogen) atoms. The van der Waals surface area contributed by atoms with Gasteiger partial charge in [0.05, 0.1) is 10.9 Å². The summed E-state index contributed by atoms with van der Waals surface area (Å²) in [6.45, 7) is 5.76. The number of anilines is 2. The minimum Gasteiger partial charge on any atom is -0.370 e. The fourth-order valence-corrected chi connectivity index (χ4v) is 2.98. The summed E-state index contributed by atoms with van der Waals surface area (Å²) in [7, 11) is 2.03. The van der Waals surface area contributed by atoms with E-state index in [0.717, 1.165) is 41.3 Å². The number of hydrogen-bond acceptors (Lipinski definition) is 5. The van der Waals surface area contributed by atoms with Gasteiger partial charge in [0.15, 0.2) is 0 Å². The summed E-state index contributed by atoms with van der Waals surface area (Å²) in [5, 5.41) is 3.30. The Bertz CT molecular complexity index is 570. The summed E-state index contributed by atoms with van der Waals surface area (Å²) in [5.74, 6) is 2.57. The van der Waals surface area contributed by atoms with Crippen molar-refractivity contribution in [2.45, 2.75) is 26.8 Å². The van der Waals surface area contributed by atoms with Crippen LogP contribution in [0.25, 0.3) is 0 Å². The van der Waals surface area contributed by atoms with Crippen LogP contribution in [0.5, 0.6) is 0 Å². The molecule has 0 unspecified atom stereocenters. The number of aromatic nitrogens is 2. The van der Waals surface area contributed by atoms with Crippen molar-refractivity contribution in [3.63, 3.8) is 0 Å². The van der Waals surface area contributed by atoms with E-state index in [1.165, 1.54) is 4.88 Å². The van der Waals surface area contributed by atoms with Crippen LogP contribution in [-0.4, -0.2) is 23.6 Å². The molecule has 2 aromatic rings. The average Bonchev–Trinajstić information content (AvgIpc) is 2.81. The van der Waals surface area contributed by atoms with Crippen LogP contribution in [0.2, 0.25) is 4.34 Å². The molecule has 0 saturated heterocycles. The van der Waals surface area contributed by atoms with Crippen molar-refractivity contribution in [2.24, 2.45) is 0 Å². The van der Waals surface area contributed by atoms with Crippen LogP contribution in [0.15, 0.2) is 18.2 Å². The van der Waals surface area contributed by atoms with Gasteiger partial charge in [-0.25, -0.2) is 9.97 Å². The molecule has 2 rings (SSSR count). The maximum absolute atomic E-state index is 5.96. The third kappa shape index (κ3) is 4.08. The Morgan fingerprint density at radius 3 is 2.80 bits per heavy atom. The van der Waals surface area contributed by atoms with E-state index in [-0.39, 0.29) is 0 Å². The zero-order valence-electron chi connectivity index (χ0n) is 12.0. The van der Waals surface area contributed by atoms with Gasteiger partial charge in [-0.2, -0.15) is 0 Å². The topological polar surface area (TPSA) is 41.0 Å². The number of aryl methyl sites for hydroxylation is 1. The smallest absolute Gasteiger partial charge is 0.134 e. The zero-order valence-corrected chi connectivity index (χ0v) is 13.6. The lowest BCUT2D eigenvalue weighted by Crippen LogP contribution is -2.18. The first-order valence-electron chi connectivity index (χ1n) is 6.63. The fraction of sp³-hybridized carbons (Fsp3) is 0.429. The number of hydrogen-bond donors (Lipinski definition) is 1. The Morgan fingerprint density at radius 2 is 2.15 bits per heavy atom. The molecule has 1 N–H and O–H groups in total. The molecule has 0 aliphatic heterocycles. The SMILES string of the molecule is CCCNc1cc(N(C)Cc2ccc(Cl)s2)nc(C)n1.